The zero-order valence-corrected chi connectivity index (χ0v) is 20.7. The first-order chi connectivity index (χ1) is 15.5. The maximum Gasteiger partial charge on any atom is 0.269 e. The second-order valence-corrected chi connectivity index (χ2v) is 10.8. The first kappa shape index (κ1) is 21.9. The van der Waals surface area contributed by atoms with E-state index in [1.807, 2.05) is 35.2 Å². The molecule has 0 bridgehead atoms. The van der Waals surface area contributed by atoms with Crippen LogP contribution in [0.15, 0.2) is 62.3 Å². The Hall–Kier alpha value is -1.89. The van der Waals surface area contributed by atoms with E-state index in [-0.39, 0.29) is 11.9 Å². The number of carbonyl (C=O) groups excluding carboxylic acids is 1. The number of rotatable bonds is 3. The molecule has 3 aliphatic rings. The van der Waals surface area contributed by atoms with Crippen molar-refractivity contribution in [1.29, 1.82) is 0 Å². The molecule has 5 rings (SSSR count). The van der Waals surface area contributed by atoms with Gasteiger partial charge in [0.15, 0.2) is 5.17 Å². The standard InChI is InChI=1S/C25H26ClN3OS2/c1-3-28-20-15-17(26)12-13-21(20)31-24(28)22-23(30)29(19-10-5-4-6-11-19)25(32-22)27-18-9-7-8-16(2)14-18/h7-9,12-15,19H,3-6,10-11H2,1-2H3. The number of anilines is 1. The highest BCUT2D eigenvalue weighted by molar-refractivity contribution is 8.19. The quantitative estimate of drug-likeness (QED) is 0.427. The number of aryl methyl sites for hydroxylation is 1. The number of amides is 1. The van der Waals surface area contributed by atoms with Gasteiger partial charge < -0.3 is 4.90 Å². The first-order valence-electron chi connectivity index (χ1n) is 11.2. The van der Waals surface area contributed by atoms with Crippen LogP contribution in [0.2, 0.25) is 5.02 Å². The summed E-state index contributed by atoms with van der Waals surface area (Å²) in [5, 5.41) is 2.51. The van der Waals surface area contributed by atoms with E-state index in [2.05, 4.69) is 30.9 Å². The number of nitrogens with zero attached hydrogens (tertiary/aromatic N) is 3. The van der Waals surface area contributed by atoms with Gasteiger partial charge in [-0.15, -0.1) is 0 Å². The third-order valence-corrected chi connectivity index (χ3v) is 8.74. The number of carbonyl (C=O) groups is 1. The molecule has 1 saturated carbocycles. The SMILES string of the molecule is CCN1C(=C2SC(=Nc3cccc(C)c3)N(C3CCCCC3)C2=O)Sc2ccc(Cl)cc21. The third kappa shape index (κ3) is 4.09. The summed E-state index contributed by atoms with van der Waals surface area (Å²) in [6.07, 6.45) is 5.68. The Balaban J connectivity index is 1.58. The summed E-state index contributed by atoms with van der Waals surface area (Å²) in [5.74, 6) is 0.0909. The second kappa shape index (κ2) is 9.16. The van der Waals surface area contributed by atoms with E-state index >= 15 is 0 Å². The van der Waals surface area contributed by atoms with E-state index < -0.39 is 0 Å². The van der Waals surface area contributed by atoms with Crippen LogP contribution in [-0.2, 0) is 4.79 Å². The monoisotopic (exact) mass is 483 g/mol. The fourth-order valence-corrected chi connectivity index (χ4v) is 7.20. The molecule has 2 aliphatic heterocycles. The first-order valence-corrected chi connectivity index (χ1v) is 13.2. The number of hydrogen-bond acceptors (Lipinski definition) is 5. The number of thioether (sulfide) groups is 2. The lowest BCUT2D eigenvalue weighted by Crippen LogP contribution is -2.40. The van der Waals surface area contributed by atoms with E-state index in [1.165, 1.54) is 36.6 Å². The Kier molecular flexibility index (Phi) is 6.28. The largest absolute Gasteiger partial charge is 0.334 e. The molecule has 2 fully saturated rings. The molecule has 1 amide bonds. The summed E-state index contributed by atoms with van der Waals surface area (Å²) in [4.78, 5) is 24.9. The zero-order valence-electron chi connectivity index (χ0n) is 18.3. The van der Waals surface area contributed by atoms with Crippen molar-refractivity contribution in [1.82, 2.24) is 4.90 Å². The predicted octanol–water partition coefficient (Wildman–Crippen LogP) is 7.35. The molecule has 32 heavy (non-hydrogen) atoms. The minimum absolute atomic E-state index is 0.0909. The molecule has 2 heterocycles. The van der Waals surface area contributed by atoms with Gasteiger partial charge in [0, 0.05) is 22.5 Å². The van der Waals surface area contributed by atoms with E-state index in [1.54, 1.807) is 11.8 Å². The fourth-order valence-electron chi connectivity index (χ4n) is 4.60. The molecule has 1 aliphatic carbocycles. The highest BCUT2D eigenvalue weighted by atomic mass is 35.5. The average molecular weight is 484 g/mol. The van der Waals surface area contributed by atoms with Crippen molar-refractivity contribution in [2.75, 3.05) is 11.4 Å². The van der Waals surface area contributed by atoms with Crippen molar-refractivity contribution in [3.05, 3.63) is 63.0 Å². The van der Waals surface area contributed by atoms with E-state index in [9.17, 15) is 4.79 Å². The van der Waals surface area contributed by atoms with Crippen LogP contribution in [-0.4, -0.2) is 28.6 Å². The lowest BCUT2D eigenvalue weighted by atomic mass is 9.94. The van der Waals surface area contributed by atoms with Gasteiger partial charge >= 0.3 is 0 Å². The molecule has 166 valence electrons. The van der Waals surface area contributed by atoms with Crippen LogP contribution in [0.4, 0.5) is 11.4 Å². The molecule has 0 unspecified atom stereocenters. The smallest absolute Gasteiger partial charge is 0.269 e. The molecule has 0 spiro atoms. The summed E-state index contributed by atoms with van der Waals surface area (Å²) in [6.45, 7) is 4.96. The van der Waals surface area contributed by atoms with Crippen LogP contribution in [0.1, 0.15) is 44.6 Å². The predicted molar refractivity (Wildman–Crippen MR) is 137 cm³/mol. The Labute approximate surface area is 203 Å². The Morgan fingerprint density at radius 1 is 1.09 bits per heavy atom. The van der Waals surface area contributed by atoms with Crippen molar-refractivity contribution in [2.45, 2.75) is 56.9 Å². The summed E-state index contributed by atoms with van der Waals surface area (Å²) in [7, 11) is 0. The van der Waals surface area contributed by atoms with Gasteiger partial charge in [-0.25, -0.2) is 4.99 Å². The van der Waals surface area contributed by atoms with Crippen LogP contribution in [0.25, 0.3) is 0 Å². The lowest BCUT2D eigenvalue weighted by Gasteiger charge is -2.30. The maximum absolute atomic E-state index is 13.8. The molecule has 7 heteroatoms. The molecule has 0 N–H and O–H groups in total. The summed E-state index contributed by atoms with van der Waals surface area (Å²) >= 11 is 9.47. The molecule has 1 saturated heterocycles. The van der Waals surface area contributed by atoms with E-state index in [0.29, 0.717) is 5.02 Å². The van der Waals surface area contributed by atoms with Gasteiger partial charge in [-0.3, -0.25) is 9.69 Å². The second-order valence-electron chi connectivity index (χ2n) is 8.40. The molecule has 2 aromatic rings. The molecular weight excluding hydrogens is 458 g/mol. The fraction of sp³-hybridized carbons (Fsp3) is 0.360. The van der Waals surface area contributed by atoms with E-state index in [0.717, 1.165) is 50.8 Å². The van der Waals surface area contributed by atoms with Gasteiger partial charge in [0.25, 0.3) is 5.91 Å². The van der Waals surface area contributed by atoms with Crippen LogP contribution in [0.5, 0.6) is 0 Å². The van der Waals surface area contributed by atoms with Crippen molar-refractivity contribution in [3.8, 4) is 0 Å². The topological polar surface area (TPSA) is 35.9 Å². The van der Waals surface area contributed by atoms with E-state index in [4.69, 9.17) is 16.6 Å². The van der Waals surface area contributed by atoms with Crippen LogP contribution < -0.4 is 4.90 Å². The van der Waals surface area contributed by atoms with Crippen molar-refractivity contribution < 1.29 is 4.79 Å². The maximum atomic E-state index is 13.8. The average Bonchev–Trinajstić information content (AvgIpc) is 3.30. The molecule has 4 nitrogen and oxygen atoms in total. The van der Waals surface area contributed by atoms with Crippen LogP contribution in [0.3, 0.4) is 0 Å². The molecule has 0 atom stereocenters. The summed E-state index contributed by atoms with van der Waals surface area (Å²) < 4.78 is 0. The van der Waals surface area contributed by atoms with Crippen molar-refractivity contribution in [3.63, 3.8) is 0 Å². The number of amidine groups is 1. The number of benzene rings is 2. The van der Waals surface area contributed by atoms with Gasteiger partial charge in [-0.05, 0) is 74.3 Å². The molecule has 0 aromatic heterocycles. The normalized spacial score (nSPS) is 22.8. The Morgan fingerprint density at radius 3 is 2.66 bits per heavy atom. The van der Waals surface area contributed by atoms with Gasteiger partial charge in [-0.2, -0.15) is 0 Å². The van der Waals surface area contributed by atoms with Crippen molar-refractivity contribution in [2.24, 2.45) is 4.99 Å². The highest BCUT2D eigenvalue weighted by Gasteiger charge is 2.42. The van der Waals surface area contributed by atoms with Crippen LogP contribution >= 0.6 is 35.1 Å². The van der Waals surface area contributed by atoms with Crippen LogP contribution in [0, 0.1) is 6.92 Å². The molecule has 2 aromatic carbocycles. The third-order valence-electron chi connectivity index (χ3n) is 6.15. The zero-order chi connectivity index (χ0) is 22.2. The summed E-state index contributed by atoms with van der Waals surface area (Å²) in [5.41, 5.74) is 3.14. The minimum Gasteiger partial charge on any atom is -0.334 e. The lowest BCUT2D eigenvalue weighted by molar-refractivity contribution is -0.124. The van der Waals surface area contributed by atoms with Gasteiger partial charge in [0.05, 0.1) is 11.4 Å². The highest BCUT2D eigenvalue weighted by Crippen LogP contribution is 2.52. The molecule has 0 radical (unpaired) electrons. The number of fused-ring (bicyclic) bond motifs is 1. The number of hydrogen-bond donors (Lipinski definition) is 0. The van der Waals surface area contributed by atoms with Crippen molar-refractivity contribution >= 4 is 57.6 Å². The van der Waals surface area contributed by atoms with Gasteiger partial charge in [0.1, 0.15) is 9.93 Å². The number of aliphatic imine (C=N–C) groups is 1. The Morgan fingerprint density at radius 2 is 1.91 bits per heavy atom. The molecular formula is C25H26ClN3OS2. The Bertz CT molecular complexity index is 1120. The summed E-state index contributed by atoms with van der Waals surface area (Å²) in [6, 6.07) is 14.3. The minimum atomic E-state index is 0.0909. The number of halogens is 1. The van der Waals surface area contributed by atoms with Gasteiger partial charge in [0.2, 0.25) is 0 Å². The van der Waals surface area contributed by atoms with Gasteiger partial charge in [-0.1, -0.05) is 54.8 Å².